The van der Waals surface area contributed by atoms with E-state index >= 15 is 0 Å². The summed E-state index contributed by atoms with van der Waals surface area (Å²) in [6, 6.07) is 4.66. The van der Waals surface area contributed by atoms with E-state index < -0.39 is 0 Å². The predicted molar refractivity (Wildman–Crippen MR) is 71.0 cm³/mol. The van der Waals surface area contributed by atoms with Crippen molar-refractivity contribution >= 4 is 11.4 Å². The van der Waals surface area contributed by atoms with E-state index in [9.17, 15) is 4.79 Å². The van der Waals surface area contributed by atoms with E-state index in [0.717, 1.165) is 18.5 Å². The number of carbonyl (C=O) groups is 1. The van der Waals surface area contributed by atoms with Crippen LogP contribution in [-0.4, -0.2) is 33.9 Å². The number of piperidine rings is 1. The molecule has 5 heteroatoms. The highest BCUT2D eigenvalue weighted by Crippen LogP contribution is 2.31. The number of imidazole rings is 1. The van der Waals surface area contributed by atoms with Gasteiger partial charge in [0.2, 0.25) is 0 Å². The first kappa shape index (κ1) is 11.0. The SMILES string of the molecule is O=C(N[C@H]1C[C@H]2C[C@H]1CN2)c1ccn2cncc2c1. The van der Waals surface area contributed by atoms with E-state index in [4.69, 9.17) is 0 Å². The van der Waals surface area contributed by atoms with Crippen molar-refractivity contribution < 1.29 is 4.79 Å². The highest BCUT2D eigenvalue weighted by Gasteiger charge is 2.40. The zero-order valence-electron chi connectivity index (χ0n) is 10.5. The van der Waals surface area contributed by atoms with Gasteiger partial charge in [-0.2, -0.15) is 0 Å². The maximum atomic E-state index is 12.3. The molecule has 2 aliphatic rings. The number of rotatable bonds is 2. The van der Waals surface area contributed by atoms with E-state index in [2.05, 4.69) is 15.6 Å². The number of carbonyl (C=O) groups excluding carboxylic acids is 1. The Balaban J connectivity index is 1.53. The minimum absolute atomic E-state index is 0.0289. The molecule has 0 aromatic carbocycles. The molecule has 0 radical (unpaired) electrons. The number of hydrogen-bond donors (Lipinski definition) is 2. The third kappa shape index (κ3) is 1.81. The third-order valence-electron chi connectivity index (χ3n) is 4.36. The average molecular weight is 256 g/mol. The van der Waals surface area contributed by atoms with Gasteiger partial charge in [0.25, 0.3) is 5.91 Å². The Kier molecular flexibility index (Phi) is 2.35. The first-order valence-electron chi connectivity index (χ1n) is 6.75. The average Bonchev–Trinajstić information content (AvgIpc) is 3.13. The Labute approximate surface area is 111 Å². The summed E-state index contributed by atoms with van der Waals surface area (Å²) in [5.41, 5.74) is 1.66. The van der Waals surface area contributed by atoms with Crippen LogP contribution in [0.4, 0.5) is 0 Å². The summed E-state index contributed by atoms with van der Waals surface area (Å²) in [5, 5.41) is 6.63. The van der Waals surface area contributed by atoms with E-state index in [-0.39, 0.29) is 5.91 Å². The zero-order chi connectivity index (χ0) is 12.8. The minimum Gasteiger partial charge on any atom is -0.349 e. The summed E-state index contributed by atoms with van der Waals surface area (Å²) in [4.78, 5) is 16.3. The second-order valence-corrected chi connectivity index (χ2v) is 5.56. The van der Waals surface area contributed by atoms with E-state index in [1.807, 2.05) is 22.7 Å². The number of amides is 1. The fourth-order valence-corrected chi connectivity index (χ4v) is 3.32. The number of aromatic nitrogens is 2. The lowest BCUT2D eigenvalue weighted by atomic mass is 10.0. The molecule has 98 valence electrons. The monoisotopic (exact) mass is 256 g/mol. The lowest BCUT2D eigenvalue weighted by Crippen LogP contribution is -2.44. The maximum Gasteiger partial charge on any atom is 0.251 e. The second kappa shape index (κ2) is 4.06. The molecule has 3 atom stereocenters. The highest BCUT2D eigenvalue weighted by atomic mass is 16.1. The summed E-state index contributed by atoms with van der Waals surface area (Å²) in [6.07, 6.45) is 7.63. The first-order chi connectivity index (χ1) is 9.29. The van der Waals surface area contributed by atoms with Crippen molar-refractivity contribution in [3.8, 4) is 0 Å². The van der Waals surface area contributed by atoms with Gasteiger partial charge in [-0.3, -0.25) is 4.79 Å². The standard InChI is InChI=1S/C14H16N4O/c19-14(17-13-5-11-3-10(13)6-16-11)9-1-2-18-8-15-7-12(18)4-9/h1-2,4,7-8,10-11,13,16H,3,5-6H2,(H,17,19)/t10-,11+,13-/m0/s1. The van der Waals surface area contributed by atoms with E-state index in [0.29, 0.717) is 23.6 Å². The van der Waals surface area contributed by atoms with Gasteiger partial charge in [0.15, 0.2) is 0 Å². The zero-order valence-corrected chi connectivity index (χ0v) is 10.5. The molecular formula is C14H16N4O. The molecule has 2 aromatic rings. The normalized spacial score (nSPS) is 28.9. The van der Waals surface area contributed by atoms with Crippen LogP contribution in [0.3, 0.4) is 0 Å². The van der Waals surface area contributed by atoms with E-state index in [1.54, 1.807) is 12.5 Å². The molecule has 3 heterocycles. The van der Waals surface area contributed by atoms with Crippen molar-refractivity contribution in [2.24, 2.45) is 5.92 Å². The first-order valence-corrected chi connectivity index (χ1v) is 6.75. The van der Waals surface area contributed by atoms with Crippen LogP contribution < -0.4 is 10.6 Å². The van der Waals surface area contributed by atoms with Crippen molar-refractivity contribution in [1.29, 1.82) is 0 Å². The quantitative estimate of drug-likeness (QED) is 0.836. The van der Waals surface area contributed by atoms with Crippen molar-refractivity contribution in [2.75, 3.05) is 6.54 Å². The van der Waals surface area contributed by atoms with Crippen LogP contribution in [0, 0.1) is 5.92 Å². The number of nitrogens with one attached hydrogen (secondary N) is 2. The lowest BCUT2D eigenvalue weighted by Gasteiger charge is -2.23. The molecule has 4 rings (SSSR count). The van der Waals surface area contributed by atoms with Gasteiger partial charge in [-0.1, -0.05) is 0 Å². The third-order valence-corrected chi connectivity index (χ3v) is 4.36. The highest BCUT2D eigenvalue weighted by molar-refractivity contribution is 5.95. The van der Waals surface area contributed by atoms with Gasteiger partial charge < -0.3 is 15.0 Å². The van der Waals surface area contributed by atoms with Crippen LogP contribution in [0.5, 0.6) is 0 Å². The molecule has 1 saturated carbocycles. The number of fused-ring (bicyclic) bond motifs is 3. The topological polar surface area (TPSA) is 58.4 Å². The largest absolute Gasteiger partial charge is 0.349 e. The Morgan fingerprint density at radius 1 is 1.47 bits per heavy atom. The van der Waals surface area contributed by atoms with Crippen LogP contribution in [0.25, 0.3) is 5.52 Å². The molecule has 2 fully saturated rings. The van der Waals surface area contributed by atoms with Crippen molar-refractivity contribution in [2.45, 2.75) is 24.9 Å². The molecule has 2 N–H and O–H groups in total. The molecule has 1 aliphatic carbocycles. The van der Waals surface area contributed by atoms with Gasteiger partial charge >= 0.3 is 0 Å². The molecular weight excluding hydrogens is 240 g/mol. The van der Waals surface area contributed by atoms with Crippen molar-refractivity contribution in [1.82, 2.24) is 20.0 Å². The maximum absolute atomic E-state index is 12.3. The minimum atomic E-state index is 0.0289. The fourth-order valence-electron chi connectivity index (χ4n) is 3.32. The second-order valence-electron chi connectivity index (χ2n) is 5.56. The van der Waals surface area contributed by atoms with Crippen LogP contribution >= 0.6 is 0 Å². The van der Waals surface area contributed by atoms with Gasteiger partial charge in [0, 0.05) is 30.4 Å². The summed E-state index contributed by atoms with van der Waals surface area (Å²) in [5.74, 6) is 0.633. The number of hydrogen-bond acceptors (Lipinski definition) is 3. The van der Waals surface area contributed by atoms with Gasteiger partial charge in [-0.25, -0.2) is 4.98 Å². The van der Waals surface area contributed by atoms with Gasteiger partial charge in [0.05, 0.1) is 18.0 Å². The van der Waals surface area contributed by atoms with Crippen molar-refractivity contribution in [3.05, 3.63) is 36.4 Å². The van der Waals surface area contributed by atoms with E-state index in [1.165, 1.54) is 6.42 Å². The summed E-state index contributed by atoms with van der Waals surface area (Å²) >= 11 is 0. The molecule has 1 amide bonds. The molecule has 19 heavy (non-hydrogen) atoms. The Bertz CT molecular complexity index is 635. The summed E-state index contributed by atoms with van der Waals surface area (Å²) < 4.78 is 1.90. The fraction of sp³-hybridized carbons (Fsp3) is 0.429. The molecule has 0 spiro atoms. The van der Waals surface area contributed by atoms with Crippen LogP contribution in [0.1, 0.15) is 23.2 Å². The Morgan fingerprint density at radius 2 is 2.42 bits per heavy atom. The Hall–Kier alpha value is -1.88. The van der Waals surface area contributed by atoms with Crippen LogP contribution in [0.15, 0.2) is 30.9 Å². The molecule has 1 aliphatic heterocycles. The van der Waals surface area contributed by atoms with Crippen LogP contribution in [0.2, 0.25) is 0 Å². The number of pyridine rings is 1. The predicted octanol–water partition coefficient (Wildman–Crippen LogP) is 0.814. The Morgan fingerprint density at radius 3 is 3.21 bits per heavy atom. The van der Waals surface area contributed by atoms with Gasteiger partial charge in [-0.05, 0) is 30.9 Å². The van der Waals surface area contributed by atoms with Gasteiger partial charge in [0.1, 0.15) is 0 Å². The van der Waals surface area contributed by atoms with Crippen molar-refractivity contribution in [3.63, 3.8) is 0 Å². The molecule has 1 saturated heterocycles. The lowest BCUT2D eigenvalue weighted by molar-refractivity contribution is 0.0925. The smallest absolute Gasteiger partial charge is 0.251 e. The molecule has 0 unspecified atom stereocenters. The molecule has 5 nitrogen and oxygen atoms in total. The number of nitrogens with zero attached hydrogens (tertiary/aromatic N) is 2. The summed E-state index contributed by atoms with van der Waals surface area (Å²) in [7, 11) is 0. The van der Waals surface area contributed by atoms with Gasteiger partial charge in [-0.15, -0.1) is 0 Å². The van der Waals surface area contributed by atoms with Crippen LogP contribution in [-0.2, 0) is 0 Å². The molecule has 2 aromatic heterocycles. The summed E-state index contributed by atoms with van der Waals surface area (Å²) in [6.45, 7) is 1.04. The molecule has 2 bridgehead atoms.